The molecule has 9 nitrogen and oxygen atoms in total. The Morgan fingerprint density at radius 2 is 1.71 bits per heavy atom. The van der Waals surface area contributed by atoms with Crippen LogP contribution in [0, 0.1) is 10.1 Å². The first-order valence-corrected chi connectivity index (χ1v) is 6.70. The SMILES string of the molecule is NC(N)=NC(N)=Nc1ccc([N+](=O)[O-])cc1C(=O)c1ccccc1. The molecular formula is C15H14N6O3. The van der Waals surface area contributed by atoms with Gasteiger partial charge in [-0.2, -0.15) is 4.99 Å². The Kier molecular flexibility index (Phi) is 4.85. The summed E-state index contributed by atoms with van der Waals surface area (Å²) < 4.78 is 0. The van der Waals surface area contributed by atoms with Gasteiger partial charge in [0.2, 0.25) is 5.96 Å². The van der Waals surface area contributed by atoms with Crippen molar-refractivity contribution in [1.29, 1.82) is 0 Å². The van der Waals surface area contributed by atoms with Crippen LogP contribution in [0.1, 0.15) is 15.9 Å². The van der Waals surface area contributed by atoms with Gasteiger partial charge in [-0.25, -0.2) is 4.99 Å². The smallest absolute Gasteiger partial charge is 0.270 e. The molecule has 0 radical (unpaired) electrons. The van der Waals surface area contributed by atoms with Gasteiger partial charge in [0.15, 0.2) is 11.7 Å². The van der Waals surface area contributed by atoms with Crippen LogP contribution in [0.3, 0.4) is 0 Å². The quantitative estimate of drug-likeness (QED) is 0.250. The van der Waals surface area contributed by atoms with Crippen LogP contribution in [0.15, 0.2) is 58.5 Å². The minimum absolute atomic E-state index is 0.0177. The number of nitrogens with two attached hydrogens (primary N) is 3. The number of benzene rings is 2. The Labute approximate surface area is 136 Å². The number of carbonyl (C=O) groups excluding carboxylic acids is 1. The average molecular weight is 326 g/mol. The molecule has 0 bridgehead atoms. The topological polar surface area (TPSA) is 163 Å². The molecule has 0 amide bonds. The van der Waals surface area contributed by atoms with Crippen LogP contribution in [0.25, 0.3) is 0 Å². The molecule has 0 heterocycles. The van der Waals surface area contributed by atoms with E-state index in [-0.39, 0.29) is 28.9 Å². The zero-order valence-electron chi connectivity index (χ0n) is 12.4. The van der Waals surface area contributed by atoms with Gasteiger partial charge in [-0.3, -0.25) is 14.9 Å². The first-order chi connectivity index (χ1) is 11.4. The fraction of sp³-hybridized carbons (Fsp3) is 0. The largest absolute Gasteiger partial charge is 0.370 e. The summed E-state index contributed by atoms with van der Waals surface area (Å²) in [5.74, 6) is -1.00. The Morgan fingerprint density at radius 3 is 2.29 bits per heavy atom. The summed E-state index contributed by atoms with van der Waals surface area (Å²) in [5.41, 5.74) is 16.2. The van der Waals surface area contributed by atoms with Gasteiger partial charge in [0, 0.05) is 17.7 Å². The highest BCUT2D eigenvalue weighted by molar-refractivity contribution is 6.12. The van der Waals surface area contributed by atoms with E-state index < -0.39 is 10.7 Å². The van der Waals surface area contributed by atoms with Crippen LogP contribution in [-0.2, 0) is 0 Å². The van der Waals surface area contributed by atoms with Crippen molar-refractivity contribution in [3.05, 3.63) is 69.8 Å². The Balaban J connectivity index is 2.58. The molecule has 0 aromatic heterocycles. The van der Waals surface area contributed by atoms with Crippen molar-refractivity contribution in [2.75, 3.05) is 0 Å². The number of nitro groups is 1. The number of hydrogen-bond acceptors (Lipinski definition) is 4. The zero-order valence-corrected chi connectivity index (χ0v) is 12.4. The van der Waals surface area contributed by atoms with Gasteiger partial charge in [0.25, 0.3) is 5.69 Å². The second-order valence-corrected chi connectivity index (χ2v) is 4.66. The van der Waals surface area contributed by atoms with E-state index in [0.29, 0.717) is 5.56 Å². The summed E-state index contributed by atoms with van der Waals surface area (Å²) in [6, 6.07) is 12.0. The van der Waals surface area contributed by atoms with Crippen molar-refractivity contribution in [1.82, 2.24) is 0 Å². The first kappa shape index (κ1) is 16.6. The van der Waals surface area contributed by atoms with Gasteiger partial charge >= 0.3 is 0 Å². The van der Waals surface area contributed by atoms with Crippen molar-refractivity contribution in [3.63, 3.8) is 0 Å². The molecule has 0 saturated carbocycles. The Morgan fingerprint density at radius 1 is 1.04 bits per heavy atom. The maximum Gasteiger partial charge on any atom is 0.270 e. The van der Waals surface area contributed by atoms with Crippen LogP contribution < -0.4 is 17.2 Å². The molecular weight excluding hydrogens is 312 g/mol. The number of nitrogens with zero attached hydrogens (tertiary/aromatic N) is 3. The van der Waals surface area contributed by atoms with Crippen LogP contribution >= 0.6 is 0 Å². The Hall–Kier alpha value is -3.75. The molecule has 0 aliphatic rings. The average Bonchev–Trinajstić information content (AvgIpc) is 2.54. The van der Waals surface area contributed by atoms with Crippen molar-refractivity contribution in [2.45, 2.75) is 0 Å². The van der Waals surface area contributed by atoms with Crippen LogP contribution in [0.5, 0.6) is 0 Å². The summed E-state index contributed by atoms with van der Waals surface area (Å²) in [6.07, 6.45) is 0. The van der Waals surface area contributed by atoms with Crippen LogP contribution in [-0.4, -0.2) is 22.6 Å². The molecule has 0 aliphatic carbocycles. The van der Waals surface area contributed by atoms with E-state index in [0.717, 1.165) is 6.07 Å². The number of aliphatic imine (C=N–C) groups is 2. The Bertz CT molecular complexity index is 842. The highest BCUT2D eigenvalue weighted by Gasteiger charge is 2.18. The number of carbonyl (C=O) groups is 1. The number of hydrogen-bond donors (Lipinski definition) is 3. The number of nitro benzene ring substituents is 1. The molecule has 9 heteroatoms. The second-order valence-electron chi connectivity index (χ2n) is 4.66. The lowest BCUT2D eigenvalue weighted by Crippen LogP contribution is -2.26. The summed E-state index contributed by atoms with van der Waals surface area (Å²) in [5, 5.41) is 11.0. The van der Waals surface area contributed by atoms with Crippen molar-refractivity contribution < 1.29 is 9.72 Å². The lowest BCUT2D eigenvalue weighted by atomic mass is 10.0. The highest BCUT2D eigenvalue weighted by Crippen LogP contribution is 2.27. The fourth-order valence-corrected chi connectivity index (χ4v) is 1.94. The maximum absolute atomic E-state index is 12.6. The summed E-state index contributed by atoms with van der Waals surface area (Å²) in [4.78, 5) is 30.5. The van der Waals surface area contributed by atoms with E-state index in [9.17, 15) is 14.9 Å². The van der Waals surface area contributed by atoms with Crippen LogP contribution in [0.2, 0.25) is 0 Å². The molecule has 2 aromatic carbocycles. The standard InChI is InChI=1S/C15H14N6O3/c16-14(17)20-15(18)19-12-7-6-10(21(23)24)8-11(12)13(22)9-4-2-1-3-5-9/h1-8H,(H6,16,17,18,19,20). The van der Waals surface area contributed by atoms with E-state index in [1.807, 2.05) is 0 Å². The van der Waals surface area contributed by atoms with E-state index in [4.69, 9.17) is 17.2 Å². The van der Waals surface area contributed by atoms with Crippen molar-refractivity contribution >= 4 is 29.1 Å². The molecule has 0 aliphatic heterocycles. The number of guanidine groups is 2. The molecule has 0 unspecified atom stereocenters. The summed E-state index contributed by atoms with van der Waals surface area (Å²) >= 11 is 0. The van der Waals surface area contributed by atoms with Crippen molar-refractivity contribution in [2.24, 2.45) is 27.2 Å². The zero-order chi connectivity index (χ0) is 17.7. The lowest BCUT2D eigenvalue weighted by Gasteiger charge is -2.06. The van der Waals surface area contributed by atoms with Crippen LogP contribution in [0.4, 0.5) is 11.4 Å². The molecule has 2 rings (SSSR count). The van der Waals surface area contributed by atoms with E-state index in [2.05, 4.69) is 9.98 Å². The van der Waals surface area contributed by atoms with Gasteiger partial charge < -0.3 is 17.2 Å². The lowest BCUT2D eigenvalue weighted by molar-refractivity contribution is -0.384. The van der Waals surface area contributed by atoms with Gasteiger partial charge in [-0.15, -0.1) is 0 Å². The molecule has 24 heavy (non-hydrogen) atoms. The minimum Gasteiger partial charge on any atom is -0.370 e. The second kappa shape index (κ2) is 7.01. The first-order valence-electron chi connectivity index (χ1n) is 6.70. The summed E-state index contributed by atoms with van der Waals surface area (Å²) in [6.45, 7) is 0. The monoisotopic (exact) mass is 326 g/mol. The highest BCUT2D eigenvalue weighted by atomic mass is 16.6. The molecule has 2 aromatic rings. The minimum atomic E-state index is -0.603. The predicted octanol–water partition coefficient (Wildman–Crippen LogP) is 1.05. The number of non-ortho nitro benzene ring substituents is 1. The molecule has 0 saturated heterocycles. The maximum atomic E-state index is 12.6. The van der Waals surface area contributed by atoms with Crippen molar-refractivity contribution in [3.8, 4) is 0 Å². The van der Waals surface area contributed by atoms with Gasteiger partial charge in [-0.1, -0.05) is 30.3 Å². The van der Waals surface area contributed by atoms with Gasteiger partial charge in [0.05, 0.1) is 16.2 Å². The molecule has 0 spiro atoms. The third kappa shape index (κ3) is 3.91. The summed E-state index contributed by atoms with van der Waals surface area (Å²) in [7, 11) is 0. The van der Waals surface area contributed by atoms with E-state index in [1.165, 1.54) is 12.1 Å². The van der Waals surface area contributed by atoms with Gasteiger partial charge in [0.1, 0.15) is 0 Å². The third-order valence-corrected chi connectivity index (χ3v) is 2.95. The predicted molar refractivity (Wildman–Crippen MR) is 90.1 cm³/mol. The normalized spacial score (nSPS) is 10.9. The van der Waals surface area contributed by atoms with E-state index >= 15 is 0 Å². The molecule has 122 valence electrons. The number of rotatable bonds is 4. The fourth-order valence-electron chi connectivity index (χ4n) is 1.94. The molecule has 0 atom stereocenters. The number of ketones is 1. The van der Waals surface area contributed by atoms with Gasteiger partial charge in [-0.05, 0) is 6.07 Å². The molecule has 0 fully saturated rings. The van der Waals surface area contributed by atoms with E-state index in [1.54, 1.807) is 30.3 Å². The molecule has 6 N–H and O–H groups in total. The third-order valence-electron chi connectivity index (χ3n) is 2.95.